The van der Waals surface area contributed by atoms with Crippen LogP contribution in [0.25, 0.3) is 0 Å². The summed E-state index contributed by atoms with van der Waals surface area (Å²) in [6.45, 7) is 1.36. The van der Waals surface area contributed by atoms with Crippen LogP contribution in [0.1, 0.15) is 24.9 Å². The molecule has 4 N–H and O–H groups in total. The summed E-state index contributed by atoms with van der Waals surface area (Å²) < 4.78 is 5.21. The molecule has 2 aromatic carbocycles. The van der Waals surface area contributed by atoms with E-state index in [1.54, 1.807) is 30.3 Å². The predicted molar refractivity (Wildman–Crippen MR) is 134 cm³/mol. The number of thioether (sulfide) groups is 1. The predicted octanol–water partition coefficient (Wildman–Crippen LogP) is 2.39. The number of aromatic hydroxyl groups is 1. The Morgan fingerprint density at radius 2 is 1.86 bits per heavy atom. The molecular formula is C25H27N3O7S. The number of ether oxygens (including phenoxy) is 1. The van der Waals surface area contributed by atoms with E-state index >= 15 is 0 Å². The van der Waals surface area contributed by atoms with Gasteiger partial charge in [0.2, 0.25) is 17.7 Å². The number of para-hydroxylation sites is 1. The van der Waals surface area contributed by atoms with Crippen molar-refractivity contribution in [3.63, 3.8) is 0 Å². The number of carbonyl (C=O) groups excluding carboxylic acids is 3. The number of imide groups is 1. The number of fused-ring (bicyclic) bond motifs is 1. The number of nitrogens with zero attached hydrogens (tertiary/aromatic N) is 1. The second-order valence-corrected chi connectivity index (χ2v) is 9.77. The number of benzene rings is 2. The number of methoxy groups -OCH3 is 1. The second kappa shape index (κ2) is 9.82. The Bertz CT molecular complexity index is 1220. The van der Waals surface area contributed by atoms with Crippen molar-refractivity contribution >= 4 is 46.8 Å². The van der Waals surface area contributed by atoms with Gasteiger partial charge in [-0.15, -0.1) is 0 Å². The number of rotatable bonds is 8. The van der Waals surface area contributed by atoms with Gasteiger partial charge in [-0.2, -0.15) is 11.8 Å². The number of amides is 3. The fourth-order valence-electron chi connectivity index (χ4n) is 5.17. The van der Waals surface area contributed by atoms with Crippen molar-refractivity contribution in [2.45, 2.75) is 24.9 Å². The molecule has 2 saturated heterocycles. The van der Waals surface area contributed by atoms with Gasteiger partial charge in [0.25, 0.3) is 0 Å². The van der Waals surface area contributed by atoms with Gasteiger partial charge in [-0.05, 0) is 48.8 Å². The minimum Gasteiger partial charge on any atom is -0.504 e. The second-order valence-electron chi connectivity index (χ2n) is 8.78. The number of hydrogen-bond acceptors (Lipinski definition) is 8. The Balaban J connectivity index is 1.82. The lowest BCUT2D eigenvalue weighted by Crippen LogP contribution is -2.56. The van der Waals surface area contributed by atoms with Crippen LogP contribution in [0.3, 0.4) is 0 Å². The number of carboxylic acids is 1. The van der Waals surface area contributed by atoms with Crippen LogP contribution in [0.15, 0.2) is 42.5 Å². The largest absolute Gasteiger partial charge is 0.504 e. The molecule has 36 heavy (non-hydrogen) atoms. The van der Waals surface area contributed by atoms with Crippen LogP contribution < -0.4 is 20.3 Å². The Kier molecular flexibility index (Phi) is 6.96. The number of anilines is 2. The molecule has 2 fully saturated rings. The maximum Gasteiger partial charge on any atom is 0.324 e. The first-order valence-corrected chi connectivity index (χ1v) is 12.7. The molecule has 0 saturated carbocycles. The van der Waals surface area contributed by atoms with Gasteiger partial charge in [0.05, 0.1) is 24.6 Å². The molecule has 10 nitrogen and oxygen atoms in total. The zero-order valence-electron chi connectivity index (χ0n) is 20.0. The average Bonchev–Trinajstić information content (AvgIpc) is 3.32. The van der Waals surface area contributed by atoms with Gasteiger partial charge < -0.3 is 20.3 Å². The van der Waals surface area contributed by atoms with Gasteiger partial charge in [-0.3, -0.25) is 24.5 Å². The standard InChI is InChI=1S/C25H27N3O7S/c1-13(29)26-14-7-9-15(10-8-14)28-22(31)18-19(23(28)32)25(24(33)34,11-12-36-3)27-20(18)16-5-4-6-17(35-2)21(16)30/h4-10,18-20,27,30H,11-12H2,1-3H3,(H,26,29)(H,33,34)/t18-,19-,20-,25-/m0/s1. The molecule has 0 spiro atoms. The summed E-state index contributed by atoms with van der Waals surface area (Å²) in [4.78, 5) is 52.6. The van der Waals surface area contributed by atoms with E-state index in [0.29, 0.717) is 11.4 Å². The fraction of sp³-hybridized carbons (Fsp3) is 0.360. The summed E-state index contributed by atoms with van der Waals surface area (Å²) in [5.74, 6) is -4.57. The minimum atomic E-state index is -1.72. The minimum absolute atomic E-state index is 0.0974. The average molecular weight is 514 g/mol. The lowest BCUT2D eigenvalue weighted by atomic mass is 9.78. The van der Waals surface area contributed by atoms with Crippen molar-refractivity contribution in [3.8, 4) is 11.5 Å². The molecule has 0 unspecified atom stereocenters. The van der Waals surface area contributed by atoms with Crippen molar-refractivity contribution < 1.29 is 34.1 Å². The maximum atomic E-state index is 13.8. The summed E-state index contributed by atoms with van der Waals surface area (Å²) in [6, 6.07) is 10.0. The van der Waals surface area contributed by atoms with Gasteiger partial charge in [-0.1, -0.05) is 12.1 Å². The number of hydrogen-bond donors (Lipinski definition) is 4. The third-order valence-corrected chi connectivity index (χ3v) is 7.38. The molecule has 4 atom stereocenters. The van der Waals surface area contributed by atoms with Crippen molar-refractivity contribution in [2.24, 2.45) is 11.8 Å². The van der Waals surface area contributed by atoms with E-state index in [4.69, 9.17) is 4.74 Å². The highest BCUT2D eigenvalue weighted by atomic mass is 32.2. The van der Waals surface area contributed by atoms with Crippen LogP contribution in [0.2, 0.25) is 0 Å². The van der Waals surface area contributed by atoms with Crippen molar-refractivity contribution in [3.05, 3.63) is 48.0 Å². The number of aliphatic carboxylic acids is 1. The highest BCUT2D eigenvalue weighted by Crippen LogP contribution is 2.53. The first kappa shape index (κ1) is 25.5. The molecule has 0 aromatic heterocycles. The molecule has 2 aromatic rings. The Hall–Kier alpha value is -3.57. The van der Waals surface area contributed by atoms with E-state index in [0.717, 1.165) is 4.90 Å². The summed E-state index contributed by atoms with van der Waals surface area (Å²) in [7, 11) is 1.39. The third-order valence-electron chi connectivity index (χ3n) is 6.77. The van der Waals surface area contributed by atoms with Crippen LogP contribution in [0.5, 0.6) is 11.5 Å². The van der Waals surface area contributed by atoms with Gasteiger partial charge in [-0.25, -0.2) is 4.90 Å². The van der Waals surface area contributed by atoms with Crippen LogP contribution in [0, 0.1) is 11.8 Å². The molecule has 11 heteroatoms. The summed E-state index contributed by atoms with van der Waals surface area (Å²) in [6.07, 6.45) is 1.93. The van der Waals surface area contributed by atoms with E-state index in [2.05, 4.69) is 10.6 Å². The molecule has 2 aliphatic rings. The molecule has 2 heterocycles. The zero-order valence-corrected chi connectivity index (χ0v) is 20.8. The van der Waals surface area contributed by atoms with Crippen molar-refractivity contribution in [2.75, 3.05) is 29.3 Å². The molecule has 2 aliphatic heterocycles. The fourth-order valence-corrected chi connectivity index (χ4v) is 5.70. The molecule has 190 valence electrons. The van der Waals surface area contributed by atoms with Gasteiger partial charge in [0.1, 0.15) is 5.54 Å². The number of phenolic OH excluding ortho intramolecular Hbond substituents is 1. The SMILES string of the molecule is COc1cccc([C@@H]2N[C@](CCSC)(C(=O)O)[C@@H]3C(=O)N(c4ccc(NC(C)=O)cc4)C(=O)[C@@H]32)c1O. The quantitative estimate of drug-likeness (QED) is 0.391. The van der Waals surface area contributed by atoms with E-state index < -0.39 is 41.2 Å². The number of carbonyl (C=O) groups is 4. The lowest BCUT2D eigenvalue weighted by molar-refractivity contribution is -0.148. The maximum absolute atomic E-state index is 13.8. The van der Waals surface area contributed by atoms with E-state index in [-0.39, 0.29) is 35.1 Å². The topological polar surface area (TPSA) is 145 Å². The monoisotopic (exact) mass is 513 g/mol. The molecule has 0 radical (unpaired) electrons. The van der Waals surface area contributed by atoms with E-state index in [9.17, 15) is 29.4 Å². The van der Waals surface area contributed by atoms with Crippen molar-refractivity contribution in [1.29, 1.82) is 0 Å². The van der Waals surface area contributed by atoms with Gasteiger partial charge in [0, 0.05) is 24.2 Å². The van der Waals surface area contributed by atoms with Crippen LogP contribution in [0.4, 0.5) is 11.4 Å². The third kappa shape index (κ3) is 4.07. The van der Waals surface area contributed by atoms with Crippen LogP contribution >= 0.6 is 11.8 Å². The first-order valence-electron chi connectivity index (χ1n) is 11.3. The van der Waals surface area contributed by atoms with Crippen LogP contribution in [-0.4, -0.2) is 58.6 Å². The molecule has 0 bridgehead atoms. The lowest BCUT2D eigenvalue weighted by Gasteiger charge is -2.31. The van der Waals surface area contributed by atoms with E-state index in [1.807, 2.05) is 6.26 Å². The smallest absolute Gasteiger partial charge is 0.324 e. The first-order chi connectivity index (χ1) is 17.2. The molecule has 0 aliphatic carbocycles. The van der Waals surface area contributed by atoms with Gasteiger partial charge in [0.15, 0.2) is 11.5 Å². The molecule has 3 amide bonds. The molecular weight excluding hydrogens is 486 g/mol. The Morgan fingerprint density at radius 3 is 2.44 bits per heavy atom. The molecule has 4 rings (SSSR count). The van der Waals surface area contributed by atoms with Gasteiger partial charge >= 0.3 is 5.97 Å². The van der Waals surface area contributed by atoms with E-state index in [1.165, 1.54) is 37.9 Å². The number of carboxylic acid groups (broad SMARTS) is 1. The highest BCUT2D eigenvalue weighted by molar-refractivity contribution is 7.98. The number of nitrogens with one attached hydrogen (secondary N) is 2. The van der Waals surface area contributed by atoms with Crippen molar-refractivity contribution in [1.82, 2.24) is 5.32 Å². The number of phenols is 1. The van der Waals surface area contributed by atoms with Crippen LogP contribution in [-0.2, 0) is 19.2 Å². The highest BCUT2D eigenvalue weighted by Gasteiger charge is 2.68. The Labute approximate surface area is 212 Å². The Morgan fingerprint density at radius 1 is 1.17 bits per heavy atom. The summed E-state index contributed by atoms with van der Waals surface area (Å²) >= 11 is 1.43. The summed E-state index contributed by atoms with van der Waals surface area (Å²) in [5, 5.41) is 26.9. The normalized spacial score (nSPS) is 25.1. The summed E-state index contributed by atoms with van der Waals surface area (Å²) in [5.41, 5.74) is -0.677. The zero-order chi connectivity index (χ0) is 26.2.